The quantitative estimate of drug-likeness (QED) is 0.135. The third-order valence-corrected chi connectivity index (χ3v) is 23.7. The molecule has 4 nitrogen and oxygen atoms in total. The monoisotopic (exact) mass is 611 g/mol. The first-order chi connectivity index (χ1) is 18.0. The van der Waals surface area contributed by atoms with Crippen LogP contribution in [0.3, 0.4) is 0 Å². The molecule has 0 aliphatic heterocycles. The number of rotatable bonds is 16. The summed E-state index contributed by atoms with van der Waals surface area (Å²) in [5.41, 5.74) is 2.48. The fourth-order valence-electron chi connectivity index (χ4n) is 5.69. The molecule has 1 heterocycles. The van der Waals surface area contributed by atoms with Gasteiger partial charge in [0.1, 0.15) is 0 Å². The molecule has 5 heteroatoms. The molecule has 0 bridgehead atoms. The number of likely N-dealkylation sites (N-methyl/N-ethyl adjacent to an activating group) is 1. The summed E-state index contributed by atoms with van der Waals surface area (Å²) in [6, 6.07) is 15.4. The average molecular weight is 610 g/mol. The molecule has 1 aromatic heterocycles. The van der Waals surface area contributed by atoms with E-state index < -0.39 is 18.4 Å². The van der Waals surface area contributed by atoms with Crippen molar-refractivity contribution in [3.8, 4) is 0 Å². The Hall–Kier alpha value is -1.66. The van der Waals surface area contributed by atoms with Crippen LogP contribution in [0.1, 0.15) is 83.5 Å². The van der Waals surface area contributed by atoms with Crippen LogP contribution in [0.4, 0.5) is 0 Å². The van der Waals surface area contributed by atoms with Gasteiger partial charge < -0.3 is 0 Å². The standard InChI is InChI=1S/C20H22N3O.3C4H9.Sn/c1-3-23(4-2)13-12-21-20(24)17-10-7-9-16-14-15-8-5-6-11-18(15)22-19(16)17;3*1-3-4-2;/h6-11,14H,3-4,12-13H2,1-2H3,(H,21,24);3*1,3-4H2,2H3;. The van der Waals surface area contributed by atoms with Crippen LogP contribution < -0.4 is 8.90 Å². The summed E-state index contributed by atoms with van der Waals surface area (Å²) in [5, 5.41) is 5.40. The number of hydrogen-bond donors (Lipinski definition) is 1. The van der Waals surface area contributed by atoms with E-state index in [4.69, 9.17) is 4.98 Å². The molecule has 0 unspecified atom stereocenters. The topological polar surface area (TPSA) is 45.2 Å². The maximum atomic E-state index is 13.1. The van der Waals surface area contributed by atoms with Gasteiger partial charge in [-0.2, -0.15) is 0 Å². The molecular weight excluding hydrogens is 561 g/mol. The normalized spacial score (nSPS) is 12.1. The molecule has 0 atom stereocenters. The van der Waals surface area contributed by atoms with Crippen LogP contribution in [-0.2, 0) is 0 Å². The number of nitrogens with zero attached hydrogens (tertiary/aromatic N) is 2. The fourth-order valence-corrected chi connectivity index (χ4v) is 21.7. The molecule has 3 aromatic rings. The van der Waals surface area contributed by atoms with Gasteiger partial charge in [-0.25, -0.2) is 0 Å². The number of nitrogens with one attached hydrogen (secondary N) is 1. The van der Waals surface area contributed by atoms with Gasteiger partial charge in [0.15, 0.2) is 0 Å². The third kappa shape index (κ3) is 7.69. The Morgan fingerprint density at radius 1 is 0.838 bits per heavy atom. The molecule has 2 aromatic carbocycles. The van der Waals surface area contributed by atoms with Gasteiger partial charge >= 0.3 is 203 Å². The van der Waals surface area contributed by atoms with Gasteiger partial charge in [-0.3, -0.25) is 0 Å². The number of aromatic nitrogens is 1. The molecule has 0 saturated heterocycles. The van der Waals surface area contributed by atoms with E-state index in [2.05, 4.69) is 75.2 Å². The van der Waals surface area contributed by atoms with Gasteiger partial charge in [0.2, 0.25) is 0 Å². The molecule has 0 aliphatic carbocycles. The molecule has 0 saturated carbocycles. The SMILES string of the molecule is CCC[CH2][Sn]([CH2]CCC)([CH2]CCC)[c]1ccc2nc3c(C(=O)NCCN(CC)CC)cccc3cc2c1. The second kappa shape index (κ2) is 15.1. The maximum absolute atomic E-state index is 13.1. The van der Waals surface area contributed by atoms with Gasteiger partial charge in [0, 0.05) is 0 Å². The van der Waals surface area contributed by atoms with E-state index in [0.29, 0.717) is 12.1 Å². The molecule has 0 radical (unpaired) electrons. The Morgan fingerprint density at radius 3 is 2.08 bits per heavy atom. The Kier molecular flexibility index (Phi) is 12.2. The van der Waals surface area contributed by atoms with Crippen molar-refractivity contribution in [3.05, 3.63) is 48.0 Å². The van der Waals surface area contributed by atoms with E-state index >= 15 is 0 Å². The van der Waals surface area contributed by atoms with Gasteiger partial charge in [-0.1, -0.05) is 13.8 Å². The summed E-state index contributed by atoms with van der Waals surface area (Å²) in [5.74, 6) is -0.0323. The Balaban J connectivity index is 1.96. The van der Waals surface area contributed by atoms with Crippen molar-refractivity contribution in [1.82, 2.24) is 15.2 Å². The Morgan fingerprint density at radius 2 is 1.49 bits per heavy atom. The number of carbonyl (C=O) groups is 1. The van der Waals surface area contributed by atoms with Crippen LogP contribution in [0.25, 0.3) is 21.8 Å². The van der Waals surface area contributed by atoms with Crippen molar-refractivity contribution in [3.63, 3.8) is 0 Å². The Labute approximate surface area is 229 Å². The Bertz CT molecular complexity index is 1120. The number of unbranched alkanes of at least 4 members (excludes halogenated alkanes) is 3. The van der Waals surface area contributed by atoms with Crippen molar-refractivity contribution >= 4 is 49.7 Å². The molecule has 3 rings (SSSR count). The van der Waals surface area contributed by atoms with Crippen LogP contribution >= 0.6 is 0 Å². The zero-order valence-electron chi connectivity index (χ0n) is 24.0. The van der Waals surface area contributed by atoms with Crippen LogP contribution in [0.5, 0.6) is 0 Å². The number of hydrogen-bond acceptors (Lipinski definition) is 3. The summed E-state index contributed by atoms with van der Waals surface area (Å²) in [6.07, 6.45) is 7.96. The third-order valence-electron chi connectivity index (χ3n) is 8.13. The average Bonchev–Trinajstić information content (AvgIpc) is 2.93. The van der Waals surface area contributed by atoms with E-state index in [9.17, 15) is 4.79 Å². The number of benzene rings is 2. The van der Waals surface area contributed by atoms with E-state index in [-0.39, 0.29) is 5.91 Å². The fraction of sp³-hybridized carbons (Fsp3) is 0.562. The van der Waals surface area contributed by atoms with Crippen molar-refractivity contribution in [2.75, 3.05) is 26.2 Å². The zero-order chi connectivity index (χ0) is 26.7. The van der Waals surface area contributed by atoms with Crippen LogP contribution in [0.15, 0.2) is 42.5 Å². The number of para-hydroxylation sites is 1. The minimum atomic E-state index is -2.51. The second-order valence-electron chi connectivity index (χ2n) is 10.6. The predicted molar refractivity (Wildman–Crippen MR) is 164 cm³/mol. The first kappa shape index (κ1) is 29.9. The molecule has 37 heavy (non-hydrogen) atoms. The van der Waals surface area contributed by atoms with Gasteiger partial charge in [0.05, 0.1) is 0 Å². The summed E-state index contributed by atoms with van der Waals surface area (Å²) in [7, 11) is 0. The van der Waals surface area contributed by atoms with Gasteiger partial charge in [-0.05, 0) is 13.1 Å². The van der Waals surface area contributed by atoms with Crippen molar-refractivity contribution in [1.29, 1.82) is 0 Å². The molecule has 0 spiro atoms. The number of pyridine rings is 1. The van der Waals surface area contributed by atoms with E-state index in [1.165, 1.54) is 57.2 Å². The number of fused-ring (bicyclic) bond motifs is 2. The van der Waals surface area contributed by atoms with E-state index in [0.717, 1.165) is 36.1 Å². The van der Waals surface area contributed by atoms with Crippen LogP contribution in [-0.4, -0.2) is 60.3 Å². The van der Waals surface area contributed by atoms with Crippen molar-refractivity contribution < 1.29 is 4.79 Å². The summed E-state index contributed by atoms with van der Waals surface area (Å²) >= 11 is -2.51. The van der Waals surface area contributed by atoms with Crippen LogP contribution in [0, 0.1) is 0 Å². The van der Waals surface area contributed by atoms with Crippen molar-refractivity contribution in [2.45, 2.75) is 86.5 Å². The molecule has 0 aliphatic rings. The molecule has 1 amide bonds. The number of carbonyl (C=O) groups excluding carboxylic acids is 1. The molecule has 1 N–H and O–H groups in total. The number of amides is 1. The van der Waals surface area contributed by atoms with Crippen molar-refractivity contribution in [2.24, 2.45) is 0 Å². The second-order valence-corrected chi connectivity index (χ2v) is 23.9. The summed E-state index contributed by atoms with van der Waals surface area (Å²) in [6.45, 7) is 14.8. The minimum absolute atomic E-state index is 0.0323. The van der Waals surface area contributed by atoms with E-state index in [1.807, 2.05) is 12.1 Å². The predicted octanol–water partition coefficient (Wildman–Crippen LogP) is 7.52. The zero-order valence-corrected chi connectivity index (χ0v) is 26.9. The molecular formula is C32H49N3OSn. The van der Waals surface area contributed by atoms with Gasteiger partial charge in [-0.15, -0.1) is 0 Å². The van der Waals surface area contributed by atoms with E-state index in [1.54, 1.807) is 3.58 Å². The summed E-state index contributed by atoms with van der Waals surface area (Å²) in [4.78, 5) is 20.4. The first-order valence-corrected chi connectivity index (χ1v) is 22.3. The molecule has 202 valence electrons. The van der Waals surface area contributed by atoms with Gasteiger partial charge in [0.25, 0.3) is 0 Å². The van der Waals surface area contributed by atoms with Crippen LogP contribution in [0.2, 0.25) is 13.3 Å². The summed E-state index contributed by atoms with van der Waals surface area (Å²) < 4.78 is 6.09. The molecule has 0 fully saturated rings. The first-order valence-electron chi connectivity index (χ1n) is 14.9.